The van der Waals surface area contributed by atoms with Crippen LogP contribution in [0.3, 0.4) is 0 Å². The maximum atomic E-state index is 2.39. The molecule has 0 amide bonds. The van der Waals surface area contributed by atoms with Crippen molar-refractivity contribution in [3.8, 4) is 33.4 Å². The van der Waals surface area contributed by atoms with Crippen molar-refractivity contribution in [1.29, 1.82) is 0 Å². The molecule has 0 saturated heterocycles. The van der Waals surface area contributed by atoms with Crippen LogP contribution in [0.4, 0.5) is 17.1 Å². The first-order valence-corrected chi connectivity index (χ1v) is 18.6. The fraction of sp³-hybridized carbons (Fsp3) is 0. The fourth-order valence-corrected chi connectivity index (χ4v) is 8.78. The maximum absolute atomic E-state index is 2.39. The summed E-state index contributed by atoms with van der Waals surface area (Å²) in [6.45, 7) is 0. The van der Waals surface area contributed by atoms with Crippen LogP contribution < -0.4 is 4.90 Å². The average molecular weight is 680 g/mol. The molecule has 1 nitrogen and oxygen atoms in total. The zero-order chi connectivity index (χ0) is 34.4. The molecule has 0 aliphatic carbocycles. The Labute approximate surface area is 307 Å². The van der Waals surface area contributed by atoms with Crippen LogP contribution in [0.25, 0.3) is 75.1 Å². The Morgan fingerprint density at radius 1 is 0.288 bits per heavy atom. The van der Waals surface area contributed by atoms with Crippen LogP contribution >= 0.6 is 11.3 Å². The Kier molecular flexibility index (Phi) is 7.41. The molecule has 0 aliphatic rings. The predicted octanol–water partition coefficient (Wildman–Crippen LogP) is 14.8. The Morgan fingerprint density at radius 3 is 1.63 bits per heavy atom. The second kappa shape index (κ2) is 12.7. The molecule has 244 valence electrons. The summed E-state index contributed by atoms with van der Waals surface area (Å²) in [7, 11) is 0. The molecule has 0 radical (unpaired) electrons. The first-order chi connectivity index (χ1) is 25.7. The summed E-state index contributed by atoms with van der Waals surface area (Å²) >= 11 is 1.86. The molecule has 1 heterocycles. The van der Waals surface area contributed by atoms with Gasteiger partial charge in [0.25, 0.3) is 0 Å². The lowest BCUT2D eigenvalue weighted by Crippen LogP contribution is -2.10. The van der Waals surface area contributed by atoms with Gasteiger partial charge in [0.2, 0.25) is 0 Å². The van der Waals surface area contributed by atoms with Gasteiger partial charge < -0.3 is 4.90 Å². The molecule has 0 fully saturated rings. The summed E-state index contributed by atoms with van der Waals surface area (Å²) in [6, 6.07) is 73.0. The van der Waals surface area contributed by atoms with Crippen molar-refractivity contribution in [3.05, 3.63) is 200 Å². The van der Waals surface area contributed by atoms with E-state index in [2.05, 4.69) is 205 Å². The Balaban J connectivity index is 1.09. The van der Waals surface area contributed by atoms with Gasteiger partial charge in [-0.25, -0.2) is 0 Å². The number of anilines is 3. The Bertz CT molecular complexity index is 2910. The van der Waals surface area contributed by atoms with E-state index in [1.54, 1.807) is 0 Å². The van der Waals surface area contributed by atoms with Gasteiger partial charge >= 0.3 is 0 Å². The van der Waals surface area contributed by atoms with Gasteiger partial charge in [-0.15, -0.1) is 11.3 Å². The van der Waals surface area contributed by atoms with E-state index < -0.39 is 0 Å². The van der Waals surface area contributed by atoms with Crippen LogP contribution in [-0.2, 0) is 0 Å². The third kappa shape index (κ3) is 5.42. The first-order valence-electron chi connectivity index (χ1n) is 17.7. The van der Waals surface area contributed by atoms with Crippen molar-refractivity contribution < 1.29 is 0 Å². The molecule has 0 spiro atoms. The Morgan fingerprint density at radius 2 is 0.846 bits per heavy atom. The summed E-state index contributed by atoms with van der Waals surface area (Å²) in [6.07, 6.45) is 0. The molecule has 52 heavy (non-hydrogen) atoms. The summed E-state index contributed by atoms with van der Waals surface area (Å²) in [4.78, 5) is 2.39. The van der Waals surface area contributed by atoms with Crippen LogP contribution in [0.2, 0.25) is 0 Å². The molecule has 0 aliphatic heterocycles. The van der Waals surface area contributed by atoms with Crippen molar-refractivity contribution in [3.63, 3.8) is 0 Å². The lowest BCUT2D eigenvalue weighted by molar-refractivity contribution is 1.28. The molecule has 1 aromatic heterocycles. The number of nitrogens with zero attached hydrogens (tertiary/aromatic N) is 1. The van der Waals surface area contributed by atoms with E-state index in [4.69, 9.17) is 0 Å². The van der Waals surface area contributed by atoms with Crippen LogP contribution in [0, 0.1) is 0 Å². The topological polar surface area (TPSA) is 3.24 Å². The lowest BCUT2D eigenvalue weighted by Gasteiger charge is -2.27. The molecular weight excluding hydrogens is 647 g/mol. The molecule has 10 aromatic rings. The number of hydrogen-bond acceptors (Lipinski definition) is 2. The van der Waals surface area contributed by atoms with E-state index in [-0.39, 0.29) is 0 Å². The molecule has 0 saturated carbocycles. The van der Waals surface area contributed by atoms with Crippen LogP contribution in [-0.4, -0.2) is 0 Å². The summed E-state index contributed by atoms with van der Waals surface area (Å²) < 4.78 is 2.64. The minimum absolute atomic E-state index is 1.11. The number of benzene rings is 9. The zero-order valence-electron chi connectivity index (χ0n) is 28.4. The van der Waals surface area contributed by atoms with Crippen molar-refractivity contribution in [1.82, 2.24) is 0 Å². The quantitative estimate of drug-likeness (QED) is 0.169. The second-order valence-corrected chi connectivity index (χ2v) is 14.5. The number of fused-ring (bicyclic) bond motifs is 5. The minimum Gasteiger partial charge on any atom is -0.310 e. The molecule has 0 atom stereocenters. The van der Waals surface area contributed by atoms with E-state index in [9.17, 15) is 0 Å². The minimum atomic E-state index is 1.11. The molecule has 10 rings (SSSR count). The van der Waals surface area contributed by atoms with Crippen LogP contribution in [0.1, 0.15) is 0 Å². The highest BCUT2D eigenvalue weighted by molar-refractivity contribution is 7.25. The highest BCUT2D eigenvalue weighted by atomic mass is 32.1. The summed E-state index contributed by atoms with van der Waals surface area (Å²) in [5.74, 6) is 0. The van der Waals surface area contributed by atoms with Gasteiger partial charge in [0.1, 0.15) is 0 Å². The van der Waals surface area contributed by atoms with E-state index in [1.807, 2.05) is 11.3 Å². The fourth-order valence-electron chi connectivity index (χ4n) is 7.64. The first kappa shape index (κ1) is 30.4. The summed E-state index contributed by atoms with van der Waals surface area (Å²) in [5, 5.41) is 7.66. The molecule has 0 bridgehead atoms. The Hall–Kier alpha value is -6.48. The number of rotatable bonds is 6. The molecule has 2 heteroatoms. The smallest absolute Gasteiger partial charge is 0.0467 e. The molecular formula is C50H33NS. The summed E-state index contributed by atoms with van der Waals surface area (Å²) in [5.41, 5.74) is 10.6. The lowest BCUT2D eigenvalue weighted by atomic mass is 9.97. The van der Waals surface area contributed by atoms with Gasteiger partial charge in [-0.1, -0.05) is 146 Å². The van der Waals surface area contributed by atoms with Gasteiger partial charge in [-0.2, -0.15) is 0 Å². The SMILES string of the molecule is c1cc(-c2ccc3ccccc3c2)cc(N(c2ccc(-c3cccc4ccccc34)cc2)c2cccc(-c3ccc4c(c3)sc3ccccc34)c2)c1. The maximum Gasteiger partial charge on any atom is 0.0467 e. The standard InChI is InChI=1S/C50H33NS/c1-2-12-37-30-40(23-22-34(37)10-1)38-14-7-16-43(31-38)51(42-27-24-36(25-28-42)46-20-9-13-35-11-3-4-18-45(35)46)44-17-8-15-39(32-44)41-26-29-48-47-19-5-6-21-49(47)52-50(48)33-41/h1-33H. The average Bonchev–Trinajstić information content (AvgIpc) is 3.59. The predicted molar refractivity (Wildman–Crippen MR) is 225 cm³/mol. The monoisotopic (exact) mass is 679 g/mol. The van der Waals surface area contributed by atoms with Crippen LogP contribution in [0.5, 0.6) is 0 Å². The molecule has 9 aromatic carbocycles. The van der Waals surface area contributed by atoms with E-state index in [0.29, 0.717) is 0 Å². The highest BCUT2D eigenvalue weighted by Gasteiger charge is 2.16. The van der Waals surface area contributed by atoms with E-state index in [1.165, 1.54) is 75.1 Å². The third-order valence-electron chi connectivity index (χ3n) is 10.2. The van der Waals surface area contributed by atoms with Gasteiger partial charge in [0, 0.05) is 37.2 Å². The second-order valence-electron chi connectivity index (χ2n) is 13.4. The normalized spacial score (nSPS) is 11.5. The highest BCUT2D eigenvalue weighted by Crippen LogP contribution is 2.41. The van der Waals surface area contributed by atoms with Gasteiger partial charge in [0.15, 0.2) is 0 Å². The largest absolute Gasteiger partial charge is 0.310 e. The molecule has 0 unspecified atom stereocenters. The zero-order valence-corrected chi connectivity index (χ0v) is 29.2. The van der Waals surface area contributed by atoms with Gasteiger partial charge in [-0.05, 0) is 110 Å². The van der Waals surface area contributed by atoms with Gasteiger partial charge in [0.05, 0.1) is 0 Å². The number of thiophene rings is 1. The van der Waals surface area contributed by atoms with Crippen molar-refractivity contribution in [2.45, 2.75) is 0 Å². The van der Waals surface area contributed by atoms with Crippen molar-refractivity contribution in [2.75, 3.05) is 4.90 Å². The van der Waals surface area contributed by atoms with Gasteiger partial charge in [-0.3, -0.25) is 0 Å². The third-order valence-corrected chi connectivity index (χ3v) is 11.4. The van der Waals surface area contributed by atoms with Crippen LogP contribution in [0.15, 0.2) is 200 Å². The van der Waals surface area contributed by atoms with Crippen molar-refractivity contribution in [2.24, 2.45) is 0 Å². The number of hydrogen-bond donors (Lipinski definition) is 0. The molecule has 0 N–H and O–H groups in total. The van der Waals surface area contributed by atoms with E-state index >= 15 is 0 Å². The van der Waals surface area contributed by atoms with E-state index in [0.717, 1.165) is 17.1 Å². The van der Waals surface area contributed by atoms with Crippen molar-refractivity contribution >= 4 is 70.1 Å².